The summed E-state index contributed by atoms with van der Waals surface area (Å²) in [6, 6.07) is 12.6. The first-order chi connectivity index (χ1) is 12.9. The number of carbonyl (C=O) groups is 1. The first-order valence-corrected chi connectivity index (χ1v) is 9.47. The van der Waals surface area contributed by atoms with E-state index in [9.17, 15) is 9.59 Å². The van der Waals surface area contributed by atoms with E-state index in [1.807, 2.05) is 26.0 Å². The summed E-state index contributed by atoms with van der Waals surface area (Å²) in [6.07, 6.45) is -0.673. The first kappa shape index (κ1) is 19.0. The molecule has 2 aromatic carbocycles. The summed E-state index contributed by atoms with van der Waals surface area (Å²) < 4.78 is 13.4. The summed E-state index contributed by atoms with van der Waals surface area (Å²) in [4.78, 5) is 24.6. The van der Waals surface area contributed by atoms with Crippen LogP contribution in [0, 0.1) is 0 Å². The van der Waals surface area contributed by atoms with Gasteiger partial charge in [-0.2, -0.15) is 0 Å². The summed E-state index contributed by atoms with van der Waals surface area (Å²) in [5.41, 5.74) is 1.51. The average Bonchev–Trinajstić information content (AvgIpc) is 2.97. The van der Waals surface area contributed by atoms with Gasteiger partial charge in [-0.05, 0) is 63.2 Å². The van der Waals surface area contributed by atoms with Crippen LogP contribution in [0.25, 0.3) is 10.2 Å². The molecule has 1 amide bonds. The van der Waals surface area contributed by atoms with Crippen molar-refractivity contribution in [1.82, 2.24) is 4.57 Å². The van der Waals surface area contributed by atoms with E-state index in [0.717, 1.165) is 16.0 Å². The van der Waals surface area contributed by atoms with E-state index in [0.29, 0.717) is 11.4 Å². The first-order valence-electron chi connectivity index (χ1n) is 8.65. The van der Waals surface area contributed by atoms with Gasteiger partial charge >= 0.3 is 4.87 Å². The number of aromatic nitrogens is 1. The second-order valence-electron chi connectivity index (χ2n) is 6.44. The van der Waals surface area contributed by atoms with Crippen LogP contribution in [0.2, 0.25) is 0 Å². The predicted molar refractivity (Wildman–Crippen MR) is 108 cm³/mol. The minimum Gasteiger partial charge on any atom is -0.497 e. The fourth-order valence-corrected chi connectivity index (χ4v) is 3.81. The van der Waals surface area contributed by atoms with Crippen LogP contribution in [0.4, 0.5) is 5.69 Å². The number of thiazole rings is 1. The highest BCUT2D eigenvalue weighted by Crippen LogP contribution is 2.24. The largest absolute Gasteiger partial charge is 0.497 e. The van der Waals surface area contributed by atoms with Gasteiger partial charge in [0.1, 0.15) is 11.5 Å². The number of ether oxygens (including phenoxy) is 2. The maximum absolute atomic E-state index is 12.4. The highest BCUT2D eigenvalue weighted by atomic mass is 32.1. The molecule has 0 saturated carbocycles. The molecule has 1 atom stereocenters. The third-order valence-corrected chi connectivity index (χ3v) is 5.06. The van der Waals surface area contributed by atoms with Gasteiger partial charge < -0.3 is 14.8 Å². The van der Waals surface area contributed by atoms with Crippen molar-refractivity contribution in [2.24, 2.45) is 0 Å². The van der Waals surface area contributed by atoms with E-state index in [1.54, 1.807) is 48.9 Å². The third kappa shape index (κ3) is 4.14. The molecule has 0 saturated heterocycles. The van der Waals surface area contributed by atoms with Crippen molar-refractivity contribution >= 4 is 33.1 Å². The Kier molecular flexibility index (Phi) is 5.51. The Morgan fingerprint density at radius 2 is 1.74 bits per heavy atom. The Morgan fingerprint density at radius 3 is 2.37 bits per heavy atom. The van der Waals surface area contributed by atoms with Gasteiger partial charge in [-0.1, -0.05) is 11.3 Å². The van der Waals surface area contributed by atoms with Crippen molar-refractivity contribution in [3.8, 4) is 11.5 Å². The van der Waals surface area contributed by atoms with Crippen LogP contribution in [0.3, 0.4) is 0 Å². The number of nitrogens with zero attached hydrogens (tertiary/aromatic N) is 1. The number of amides is 1. The maximum atomic E-state index is 12.4. The molecule has 0 unspecified atom stereocenters. The molecule has 1 heterocycles. The van der Waals surface area contributed by atoms with Crippen LogP contribution in [-0.2, 0) is 4.79 Å². The van der Waals surface area contributed by atoms with Gasteiger partial charge in [-0.25, -0.2) is 0 Å². The van der Waals surface area contributed by atoms with E-state index in [-0.39, 0.29) is 16.8 Å². The third-order valence-electron chi connectivity index (χ3n) is 4.14. The lowest BCUT2D eigenvalue weighted by Gasteiger charge is -2.15. The van der Waals surface area contributed by atoms with Crippen molar-refractivity contribution in [3.63, 3.8) is 0 Å². The molecule has 0 spiro atoms. The van der Waals surface area contributed by atoms with Gasteiger partial charge in [-0.3, -0.25) is 14.2 Å². The molecule has 0 fully saturated rings. The van der Waals surface area contributed by atoms with Gasteiger partial charge in [0, 0.05) is 11.7 Å². The lowest BCUT2D eigenvalue weighted by molar-refractivity contribution is -0.122. The van der Waals surface area contributed by atoms with Gasteiger partial charge in [0.2, 0.25) is 0 Å². The van der Waals surface area contributed by atoms with Gasteiger partial charge in [0.25, 0.3) is 5.91 Å². The summed E-state index contributed by atoms with van der Waals surface area (Å²) in [5, 5.41) is 2.84. The summed E-state index contributed by atoms with van der Waals surface area (Å²) in [6.45, 7) is 5.63. The topological polar surface area (TPSA) is 69.6 Å². The number of methoxy groups -OCH3 is 1. The molecule has 27 heavy (non-hydrogen) atoms. The molecule has 0 aliphatic rings. The molecule has 3 rings (SSSR count). The van der Waals surface area contributed by atoms with Crippen LogP contribution in [0.1, 0.15) is 26.8 Å². The summed E-state index contributed by atoms with van der Waals surface area (Å²) in [7, 11) is 1.59. The van der Waals surface area contributed by atoms with Crippen LogP contribution < -0.4 is 19.7 Å². The fourth-order valence-electron chi connectivity index (χ4n) is 2.76. The molecule has 1 N–H and O–H groups in total. The van der Waals surface area contributed by atoms with Gasteiger partial charge in [0.05, 0.1) is 17.3 Å². The van der Waals surface area contributed by atoms with Crippen molar-refractivity contribution in [3.05, 3.63) is 52.1 Å². The Morgan fingerprint density at radius 1 is 1.07 bits per heavy atom. The molecule has 0 radical (unpaired) electrons. The predicted octanol–water partition coefficient (Wildman–Crippen LogP) is 4.06. The number of benzene rings is 2. The zero-order valence-electron chi connectivity index (χ0n) is 15.7. The molecule has 0 aliphatic carbocycles. The summed E-state index contributed by atoms with van der Waals surface area (Å²) >= 11 is 1.18. The normalized spacial score (nSPS) is 12.2. The average molecular weight is 386 g/mol. The quantitative estimate of drug-likeness (QED) is 0.694. The Bertz CT molecular complexity index is 1000. The van der Waals surface area contributed by atoms with Crippen LogP contribution in [0.5, 0.6) is 11.5 Å². The second-order valence-corrected chi connectivity index (χ2v) is 7.43. The van der Waals surface area contributed by atoms with E-state index in [4.69, 9.17) is 9.47 Å². The molecular formula is C20H22N2O4S. The molecule has 0 bridgehead atoms. The molecule has 1 aromatic heterocycles. The van der Waals surface area contributed by atoms with Crippen molar-refractivity contribution in [1.29, 1.82) is 0 Å². The number of nitrogens with one attached hydrogen (secondary N) is 1. The standard InChI is InChI=1S/C20H22N2O4S/c1-12(2)22-17-10-5-14(11-18(17)27-20(22)24)21-19(23)13(3)26-16-8-6-15(25-4)7-9-16/h5-13H,1-4H3,(H,21,23)/t13-/m0/s1. The Hall–Kier alpha value is -2.80. The fraction of sp³-hybridized carbons (Fsp3) is 0.300. The number of rotatable bonds is 6. The Balaban J connectivity index is 1.71. The minimum absolute atomic E-state index is 0.000293. The van der Waals surface area contributed by atoms with Crippen molar-refractivity contribution in [2.45, 2.75) is 32.9 Å². The number of carbonyl (C=O) groups excluding carboxylic acids is 1. The second kappa shape index (κ2) is 7.84. The smallest absolute Gasteiger partial charge is 0.308 e. The highest BCUT2D eigenvalue weighted by molar-refractivity contribution is 7.16. The number of fused-ring (bicyclic) bond motifs is 1. The lowest BCUT2D eigenvalue weighted by Crippen LogP contribution is -2.30. The van der Waals surface area contributed by atoms with E-state index < -0.39 is 6.10 Å². The number of hydrogen-bond donors (Lipinski definition) is 1. The minimum atomic E-state index is -0.673. The molecule has 142 valence electrons. The molecule has 6 nitrogen and oxygen atoms in total. The Labute approximate surface area is 161 Å². The van der Waals surface area contributed by atoms with Crippen LogP contribution in [-0.4, -0.2) is 23.7 Å². The zero-order valence-corrected chi connectivity index (χ0v) is 16.5. The van der Waals surface area contributed by atoms with E-state index >= 15 is 0 Å². The van der Waals surface area contributed by atoms with Crippen molar-refractivity contribution < 1.29 is 14.3 Å². The monoisotopic (exact) mass is 386 g/mol. The molecular weight excluding hydrogens is 364 g/mol. The number of anilines is 1. The van der Waals surface area contributed by atoms with Crippen LogP contribution >= 0.6 is 11.3 Å². The van der Waals surface area contributed by atoms with Crippen LogP contribution in [0.15, 0.2) is 47.3 Å². The lowest BCUT2D eigenvalue weighted by atomic mass is 10.2. The zero-order chi connectivity index (χ0) is 19.6. The molecule has 7 heteroatoms. The maximum Gasteiger partial charge on any atom is 0.308 e. The molecule has 3 aromatic rings. The van der Waals surface area contributed by atoms with Gasteiger partial charge in [-0.15, -0.1) is 0 Å². The SMILES string of the molecule is COc1ccc(O[C@@H](C)C(=O)Nc2ccc3c(c2)sc(=O)n3C(C)C)cc1. The van der Waals surface area contributed by atoms with Gasteiger partial charge in [0.15, 0.2) is 6.10 Å². The number of hydrogen-bond acceptors (Lipinski definition) is 5. The van der Waals surface area contributed by atoms with Crippen molar-refractivity contribution in [2.75, 3.05) is 12.4 Å². The summed E-state index contributed by atoms with van der Waals surface area (Å²) in [5.74, 6) is 1.04. The molecule has 0 aliphatic heterocycles. The highest BCUT2D eigenvalue weighted by Gasteiger charge is 2.16. The van der Waals surface area contributed by atoms with E-state index in [1.165, 1.54) is 11.3 Å². The van der Waals surface area contributed by atoms with E-state index in [2.05, 4.69) is 5.32 Å².